The van der Waals surface area contributed by atoms with Crippen molar-refractivity contribution in [2.45, 2.75) is 57.7 Å². The second-order valence-electron chi connectivity index (χ2n) is 6.67. The molecule has 2 nitrogen and oxygen atoms in total. The predicted octanol–water partition coefficient (Wildman–Crippen LogP) is 2.69. The average Bonchev–Trinajstić information content (AvgIpc) is 2.85. The molecule has 3 saturated heterocycles. The summed E-state index contributed by atoms with van der Waals surface area (Å²) in [5.74, 6) is 3.58. The highest BCUT2D eigenvalue weighted by Crippen LogP contribution is 2.32. The Kier molecular flexibility index (Phi) is 4.21. The highest BCUT2D eigenvalue weighted by Gasteiger charge is 2.40. The molecule has 0 N–H and O–H groups in total. The number of piperazine rings is 1. The summed E-state index contributed by atoms with van der Waals surface area (Å²) in [5.41, 5.74) is 0. The van der Waals surface area contributed by atoms with E-state index in [-0.39, 0.29) is 0 Å². The molecule has 3 unspecified atom stereocenters. The van der Waals surface area contributed by atoms with Crippen LogP contribution in [0.1, 0.15) is 39.5 Å². The third kappa shape index (κ3) is 2.59. The second-order valence-corrected chi connectivity index (χ2v) is 7.82. The van der Waals surface area contributed by atoms with Crippen molar-refractivity contribution >= 4 is 11.8 Å². The highest BCUT2D eigenvalue weighted by atomic mass is 32.2. The van der Waals surface area contributed by atoms with E-state index >= 15 is 0 Å². The summed E-state index contributed by atoms with van der Waals surface area (Å²) in [7, 11) is 0. The molecule has 104 valence electrons. The average molecular weight is 268 g/mol. The van der Waals surface area contributed by atoms with Gasteiger partial charge in [-0.2, -0.15) is 11.8 Å². The van der Waals surface area contributed by atoms with E-state index in [0.29, 0.717) is 0 Å². The van der Waals surface area contributed by atoms with Gasteiger partial charge in [-0.3, -0.25) is 9.80 Å². The van der Waals surface area contributed by atoms with E-state index in [1.165, 1.54) is 56.8 Å². The number of thioether (sulfide) groups is 1. The maximum atomic E-state index is 2.91. The van der Waals surface area contributed by atoms with Crippen molar-refractivity contribution < 1.29 is 0 Å². The van der Waals surface area contributed by atoms with E-state index in [2.05, 4.69) is 35.4 Å². The van der Waals surface area contributed by atoms with Gasteiger partial charge in [-0.25, -0.2) is 0 Å². The Labute approximate surface area is 116 Å². The van der Waals surface area contributed by atoms with Gasteiger partial charge in [0.05, 0.1) is 0 Å². The Morgan fingerprint density at radius 2 is 1.89 bits per heavy atom. The molecule has 0 amide bonds. The van der Waals surface area contributed by atoms with Crippen molar-refractivity contribution in [1.82, 2.24) is 9.80 Å². The molecule has 0 radical (unpaired) electrons. The maximum Gasteiger partial charge on any atom is 0.0250 e. The van der Waals surface area contributed by atoms with Gasteiger partial charge in [-0.15, -0.1) is 0 Å². The lowest BCUT2D eigenvalue weighted by Crippen LogP contribution is -2.61. The zero-order valence-electron chi connectivity index (χ0n) is 12.0. The van der Waals surface area contributed by atoms with Crippen molar-refractivity contribution in [2.24, 2.45) is 5.92 Å². The first-order valence-electron chi connectivity index (χ1n) is 7.83. The largest absolute Gasteiger partial charge is 0.298 e. The van der Waals surface area contributed by atoms with E-state index in [1.807, 2.05) is 0 Å². The summed E-state index contributed by atoms with van der Waals surface area (Å²) in [6.45, 7) is 8.90. The molecule has 0 bridgehead atoms. The third-order valence-electron chi connectivity index (χ3n) is 5.14. The van der Waals surface area contributed by atoms with Gasteiger partial charge in [0.1, 0.15) is 0 Å². The highest BCUT2D eigenvalue weighted by molar-refractivity contribution is 7.99. The molecular formula is C15H28N2S. The second kappa shape index (κ2) is 5.72. The molecule has 0 aromatic rings. The predicted molar refractivity (Wildman–Crippen MR) is 80.3 cm³/mol. The maximum absolute atomic E-state index is 2.91. The summed E-state index contributed by atoms with van der Waals surface area (Å²) in [6.07, 6.45) is 5.76. The first-order valence-corrected chi connectivity index (χ1v) is 8.98. The fraction of sp³-hybridized carbons (Fsp3) is 1.00. The van der Waals surface area contributed by atoms with Crippen molar-refractivity contribution in [3.63, 3.8) is 0 Å². The zero-order valence-corrected chi connectivity index (χ0v) is 12.8. The number of rotatable bonds is 2. The topological polar surface area (TPSA) is 6.48 Å². The first-order chi connectivity index (χ1) is 8.75. The minimum Gasteiger partial charge on any atom is -0.298 e. The number of hydrogen-bond acceptors (Lipinski definition) is 3. The molecule has 3 rings (SSSR count). The van der Waals surface area contributed by atoms with Crippen LogP contribution in [0.15, 0.2) is 0 Å². The van der Waals surface area contributed by atoms with Crippen molar-refractivity contribution in [3.8, 4) is 0 Å². The van der Waals surface area contributed by atoms with Crippen LogP contribution in [-0.2, 0) is 0 Å². The van der Waals surface area contributed by atoms with Crippen LogP contribution >= 0.6 is 11.8 Å². The van der Waals surface area contributed by atoms with Gasteiger partial charge in [-0.1, -0.05) is 13.8 Å². The van der Waals surface area contributed by atoms with Gasteiger partial charge in [-0.05, 0) is 43.9 Å². The van der Waals surface area contributed by atoms with Crippen molar-refractivity contribution in [2.75, 3.05) is 31.1 Å². The van der Waals surface area contributed by atoms with Gasteiger partial charge < -0.3 is 0 Å². The summed E-state index contributed by atoms with van der Waals surface area (Å²) >= 11 is 2.18. The van der Waals surface area contributed by atoms with Gasteiger partial charge in [0.2, 0.25) is 0 Å². The molecule has 18 heavy (non-hydrogen) atoms. The molecule has 0 saturated carbocycles. The van der Waals surface area contributed by atoms with Gasteiger partial charge >= 0.3 is 0 Å². The van der Waals surface area contributed by atoms with Crippen molar-refractivity contribution in [1.29, 1.82) is 0 Å². The number of nitrogens with zero attached hydrogens (tertiary/aromatic N) is 2. The Hall–Kier alpha value is 0.270. The molecule has 3 fully saturated rings. The van der Waals surface area contributed by atoms with Crippen LogP contribution in [0.3, 0.4) is 0 Å². The smallest absolute Gasteiger partial charge is 0.0250 e. The fourth-order valence-corrected chi connectivity index (χ4v) is 5.23. The Bertz CT molecular complexity index is 276. The lowest BCUT2D eigenvalue weighted by molar-refractivity contribution is 0.00319. The molecule has 3 atom stereocenters. The quantitative estimate of drug-likeness (QED) is 0.760. The molecule has 0 spiro atoms. The van der Waals surface area contributed by atoms with Gasteiger partial charge in [0.25, 0.3) is 0 Å². The van der Waals surface area contributed by atoms with Crippen LogP contribution in [0.5, 0.6) is 0 Å². The van der Waals surface area contributed by atoms with E-state index < -0.39 is 0 Å². The van der Waals surface area contributed by atoms with E-state index in [0.717, 1.165) is 24.0 Å². The Balaban J connectivity index is 1.71. The van der Waals surface area contributed by atoms with E-state index in [4.69, 9.17) is 0 Å². The molecular weight excluding hydrogens is 240 g/mol. The SMILES string of the molecule is CC(C)C1CN2CCCC2CN1C1CCCSC1. The molecule has 3 heteroatoms. The number of hydrogen-bond donors (Lipinski definition) is 0. The minimum absolute atomic E-state index is 0.804. The van der Waals surface area contributed by atoms with Crippen LogP contribution in [0.4, 0.5) is 0 Å². The molecule has 3 aliphatic rings. The molecule has 3 heterocycles. The van der Waals surface area contributed by atoms with E-state index in [9.17, 15) is 0 Å². The third-order valence-corrected chi connectivity index (χ3v) is 6.34. The normalized spacial score (nSPS) is 39.2. The van der Waals surface area contributed by atoms with Crippen LogP contribution < -0.4 is 0 Å². The Morgan fingerprint density at radius 3 is 2.61 bits per heavy atom. The summed E-state index contributed by atoms with van der Waals surface area (Å²) < 4.78 is 0. The lowest BCUT2D eigenvalue weighted by atomic mass is 9.94. The van der Waals surface area contributed by atoms with E-state index in [1.54, 1.807) is 0 Å². The molecule has 0 aromatic carbocycles. The molecule has 0 aliphatic carbocycles. The Morgan fingerprint density at radius 1 is 1.06 bits per heavy atom. The molecule has 3 aliphatic heterocycles. The zero-order chi connectivity index (χ0) is 12.5. The van der Waals surface area contributed by atoms with Crippen LogP contribution in [0.2, 0.25) is 0 Å². The first kappa shape index (κ1) is 13.3. The van der Waals surface area contributed by atoms with Crippen LogP contribution in [-0.4, -0.2) is 59.1 Å². The molecule has 0 aromatic heterocycles. The minimum atomic E-state index is 0.804. The summed E-state index contributed by atoms with van der Waals surface area (Å²) in [5, 5.41) is 0. The lowest BCUT2D eigenvalue weighted by Gasteiger charge is -2.49. The summed E-state index contributed by atoms with van der Waals surface area (Å²) in [4.78, 5) is 5.68. The standard InChI is InChI=1S/C15H28N2S/c1-12(2)15-10-16-7-3-5-13(16)9-17(15)14-6-4-8-18-11-14/h12-15H,3-11H2,1-2H3. The summed E-state index contributed by atoms with van der Waals surface area (Å²) in [6, 6.07) is 2.56. The fourth-order valence-electron chi connectivity index (χ4n) is 4.07. The van der Waals surface area contributed by atoms with Gasteiger partial charge in [0.15, 0.2) is 0 Å². The van der Waals surface area contributed by atoms with Crippen molar-refractivity contribution in [3.05, 3.63) is 0 Å². The van der Waals surface area contributed by atoms with Crippen LogP contribution in [0, 0.1) is 5.92 Å². The number of fused-ring (bicyclic) bond motifs is 1. The van der Waals surface area contributed by atoms with Gasteiger partial charge in [0, 0.05) is 37.0 Å². The van der Waals surface area contributed by atoms with Crippen LogP contribution in [0.25, 0.3) is 0 Å². The monoisotopic (exact) mass is 268 g/mol.